The van der Waals surface area contributed by atoms with Gasteiger partial charge in [0.2, 0.25) is 5.91 Å². The first-order valence-corrected chi connectivity index (χ1v) is 8.25. The van der Waals surface area contributed by atoms with Gasteiger partial charge in [-0.15, -0.1) is 16.7 Å². The Balaban J connectivity index is 1.85. The maximum absolute atomic E-state index is 12.2. The minimum atomic E-state index is -0.191. The van der Waals surface area contributed by atoms with Gasteiger partial charge in [0.1, 0.15) is 11.6 Å². The summed E-state index contributed by atoms with van der Waals surface area (Å²) in [4.78, 5) is 13.8. The van der Waals surface area contributed by atoms with E-state index < -0.39 is 0 Å². The molecule has 0 saturated carbocycles. The number of aromatic nitrogens is 3. The summed E-state index contributed by atoms with van der Waals surface area (Å²) in [5.74, 6) is 1.18. The maximum atomic E-state index is 12.2. The number of hydrogen-bond donors (Lipinski definition) is 0. The molecule has 0 unspecified atom stereocenters. The molecule has 1 aromatic heterocycles. The highest BCUT2D eigenvalue weighted by molar-refractivity contribution is 6.29. The van der Waals surface area contributed by atoms with Crippen LogP contribution >= 0.6 is 11.6 Å². The number of hydrogen-bond acceptors (Lipinski definition) is 4. The van der Waals surface area contributed by atoms with Crippen molar-refractivity contribution < 1.29 is 9.53 Å². The van der Waals surface area contributed by atoms with E-state index in [-0.39, 0.29) is 11.8 Å². The lowest BCUT2D eigenvalue weighted by Crippen LogP contribution is -2.31. The molecule has 0 radical (unpaired) electrons. The predicted molar refractivity (Wildman–Crippen MR) is 87.9 cm³/mol. The monoisotopic (exact) mass is 334 g/mol. The number of nitrogens with zero attached hydrogens (tertiary/aromatic N) is 4. The fourth-order valence-corrected chi connectivity index (χ4v) is 2.77. The van der Waals surface area contributed by atoms with Crippen molar-refractivity contribution in [2.75, 3.05) is 17.4 Å². The Morgan fingerprint density at radius 1 is 1.48 bits per heavy atom. The van der Waals surface area contributed by atoms with Crippen molar-refractivity contribution in [1.82, 2.24) is 15.0 Å². The van der Waals surface area contributed by atoms with Crippen molar-refractivity contribution >= 4 is 23.3 Å². The second-order valence-corrected chi connectivity index (χ2v) is 5.71. The Hall–Kier alpha value is -2.08. The SMILES string of the molecule is CCn1cc(N(Cc2ccc3c(c2)CCCO3)C(=O)CCl)nn1. The molecule has 1 amide bonds. The number of fused-ring (bicyclic) bond motifs is 1. The molecule has 1 aromatic carbocycles. The number of amides is 1. The molecular weight excluding hydrogens is 316 g/mol. The fourth-order valence-electron chi connectivity index (χ4n) is 2.63. The number of halogens is 1. The van der Waals surface area contributed by atoms with Crippen molar-refractivity contribution in [2.24, 2.45) is 0 Å². The van der Waals surface area contributed by atoms with E-state index in [1.165, 1.54) is 5.56 Å². The molecule has 2 aromatic rings. The predicted octanol–water partition coefficient (Wildman–Crippen LogP) is 2.40. The third-order valence-corrected chi connectivity index (χ3v) is 4.08. The molecule has 0 N–H and O–H groups in total. The van der Waals surface area contributed by atoms with Crippen molar-refractivity contribution in [2.45, 2.75) is 32.9 Å². The Morgan fingerprint density at radius 2 is 2.35 bits per heavy atom. The number of aryl methyl sites for hydroxylation is 2. The Morgan fingerprint density at radius 3 is 3.09 bits per heavy atom. The number of carbonyl (C=O) groups is 1. The summed E-state index contributed by atoms with van der Waals surface area (Å²) in [6, 6.07) is 6.03. The van der Waals surface area contributed by atoms with Crippen molar-refractivity contribution in [1.29, 1.82) is 0 Å². The van der Waals surface area contributed by atoms with Gasteiger partial charge in [0, 0.05) is 6.54 Å². The molecule has 0 atom stereocenters. The van der Waals surface area contributed by atoms with Gasteiger partial charge in [-0.05, 0) is 37.0 Å². The summed E-state index contributed by atoms with van der Waals surface area (Å²) in [5, 5.41) is 8.07. The van der Waals surface area contributed by atoms with E-state index in [0.717, 1.165) is 30.8 Å². The molecule has 2 heterocycles. The molecule has 1 aliphatic rings. The third-order valence-electron chi connectivity index (χ3n) is 3.86. The number of ether oxygens (including phenoxy) is 1. The quantitative estimate of drug-likeness (QED) is 0.788. The molecule has 0 saturated heterocycles. The molecule has 6 nitrogen and oxygen atoms in total. The van der Waals surface area contributed by atoms with Crippen LogP contribution < -0.4 is 9.64 Å². The first-order valence-electron chi connectivity index (χ1n) is 7.72. The average Bonchev–Trinajstić information content (AvgIpc) is 3.07. The normalized spacial score (nSPS) is 13.3. The molecule has 122 valence electrons. The standard InChI is InChI=1S/C16H19ClN4O2/c1-2-20-11-15(18-19-20)21(16(22)9-17)10-12-5-6-14-13(8-12)4-3-7-23-14/h5-6,8,11H,2-4,7,9-10H2,1H3. The molecule has 23 heavy (non-hydrogen) atoms. The van der Waals surface area contributed by atoms with Crippen LogP contribution in [0, 0.1) is 0 Å². The summed E-state index contributed by atoms with van der Waals surface area (Å²) < 4.78 is 7.31. The lowest BCUT2D eigenvalue weighted by molar-refractivity contribution is -0.116. The van der Waals surface area contributed by atoms with Gasteiger partial charge >= 0.3 is 0 Å². The first kappa shape index (κ1) is 15.8. The Kier molecular flexibility index (Phi) is 4.81. The van der Waals surface area contributed by atoms with Crippen LogP contribution in [0.3, 0.4) is 0 Å². The molecule has 0 fully saturated rings. The summed E-state index contributed by atoms with van der Waals surface area (Å²) in [6.45, 7) is 3.85. The van der Waals surface area contributed by atoms with Crippen molar-refractivity contribution in [3.8, 4) is 5.75 Å². The van der Waals surface area contributed by atoms with Crippen LogP contribution in [0.25, 0.3) is 0 Å². The van der Waals surface area contributed by atoms with Crippen LogP contribution in [0.1, 0.15) is 24.5 Å². The first-order chi connectivity index (χ1) is 11.2. The average molecular weight is 335 g/mol. The second-order valence-electron chi connectivity index (χ2n) is 5.44. The second kappa shape index (κ2) is 7.00. The van der Waals surface area contributed by atoms with E-state index in [9.17, 15) is 4.79 Å². The molecule has 1 aliphatic heterocycles. The lowest BCUT2D eigenvalue weighted by atomic mass is 10.0. The zero-order chi connectivity index (χ0) is 16.2. The summed E-state index contributed by atoms with van der Waals surface area (Å²) in [5.41, 5.74) is 2.21. The van der Waals surface area contributed by atoms with E-state index >= 15 is 0 Å². The maximum Gasteiger partial charge on any atom is 0.243 e. The Labute approximate surface area is 140 Å². The van der Waals surface area contributed by atoms with E-state index in [0.29, 0.717) is 18.9 Å². The van der Waals surface area contributed by atoms with Crippen LogP contribution in [0.4, 0.5) is 5.82 Å². The number of benzene rings is 1. The molecule has 0 aliphatic carbocycles. The highest BCUT2D eigenvalue weighted by Gasteiger charge is 2.19. The zero-order valence-electron chi connectivity index (χ0n) is 13.0. The van der Waals surface area contributed by atoms with Gasteiger partial charge in [0.15, 0.2) is 5.82 Å². The lowest BCUT2D eigenvalue weighted by Gasteiger charge is -2.21. The van der Waals surface area contributed by atoms with E-state index in [1.54, 1.807) is 15.8 Å². The van der Waals surface area contributed by atoms with Crippen molar-refractivity contribution in [3.63, 3.8) is 0 Å². The van der Waals surface area contributed by atoms with Crippen LogP contribution in [-0.4, -0.2) is 33.4 Å². The third kappa shape index (κ3) is 3.47. The number of carbonyl (C=O) groups excluding carboxylic acids is 1. The van der Waals surface area contributed by atoms with E-state index in [2.05, 4.69) is 16.4 Å². The summed E-state index contributed by atoms with van der Waals surface area (Å²) in [6.07, 6.45) is 3.77. The zero-order valence-corrected chi connectivity index (χ0v) is 13.8. The highest BCUT2D eigenvalue weighted by atomic mass is 35.5. The highest BCUT2D eigenvalue weighted by Crippen LogP contribution is 2.26. The van der Waals surface area contributed by atoms with Gasteiger partial charge in [-0.25, -0.2) is 0 Å². The van der Waals surface area contributed by atoms with Crippen LogP contribution in [0.2, 0.25) is 0 Å². The molecule has 0 bridgehead atoms. The smallest absolute Gasteiger partial charge is 0.243 e. The number of anilines is 1. The topological polar surface area (TPSA) is 60.2 Å². The molecule has 3 rings (SSSR count). The van der Waals surface area contributed by atoms with Crippen molar-refractivity contribution in [3.05, 3.63) is 35.5 Å². The molecule has 0 spiro atoms. The van der Waals surface area contributed by atoms with Gasteiger partial charge in [0.05, 0.1) is 19.3 Å². The van der Waals surface area contributed by atoms with E-state index in [4.69, 9.17) is 16.3 Å². The van der Waals surface area contributed by atoms with Gasteiger partial charge < -0.3 is 4.74 Å². The van der Waals surface area contributed by atoms with Crippen LogP contribution in [-0.2, 0) is 24.3 Å². The molecule has 7 heteroatoms. The van der Waals surface area contributed by atoms with Gasteiger partial charge in [-0.1, -0.05) is 17.3 Å². The Bertz CT molecular complexity index is 701. The van der Waals surface area contributed by atoms with Crippen LogP contribution in [0.15, 0.2) is 24.4 Å². The number of rotatable bonds is 5. The van der Waals surface area contributed by atoms with Gasteiger partial charge in [-0.3, -0.25) is 14.4 Å². The molecular formula is C16H19ClN4O2. The summed E-state index contributed by atoms with van der Waals surface area (Å²) >= 11 is 5.75. The summed E-state index contributed by atoms with van der Waals surface area (Å²) in [7, 11) is 0. The van der Waals surface area contributed by atoms with Crippen LogP contribution in [0.5, 0.6) is 5.75 Å². The minimum Gasteiger partial charge on any atom is -0.493 e. The largest absolute Gasteiger partial charge is 0.493 e. The van der Waals surface area contributed by atoms with Gasteiger partial charge in [-0.2, -0.15) is 0 Å². The van der Waals surface area contributed by atoms with E-state index in [1.807, 2.05) is 19.1 Å². The minimum absolute atomic E-state index is 0.0902. The fraction of sp³-hybridized carbons (Fsp3) is 0.438. The number of alkyl halides is 1. The van der Waals surface area contributed by atoms with Gasteiger partial charge in [0.25, 0.3) is 0 Å².